The molecule has 1 unspecified atom stereocenters. The lowest BCUT2D eigenvalue weighted by molar-refractivity contribution is -0.385. The van der Waals surface area contributed by atoms with E-state index in [4.69, 9.17) is 16.3 Å². The van der Waals surface area contributed by atoms with Crippen LogP contribution < -0.4 is 4.74 Å². The van der Waals surface area contributed by atoms with Crippen LogP contribution in [0.15, 0.2) is 18.6 Å². The molecule has 8 heteroatoms. The highest BCUT2D eigenvalue weighted by Crippen LogP contribution is 2.32. The van der Waals surface area contributed by atoms with E-state index in [0.717, 1.165) is 11.1 Å². The molecule has 0 saturated heterocycles. The van der Waals surface area contributed by atoms with E-state index in [2.05, 4.69) is 10.1 Å². The first-order chi connectivity index (χ1) is 9.45. The number of pyridine rings is 1. The number of nitro groups is 1. The highest BCUT2D eigenvalue weighted by Gasteiger charge is 2.19. The molecule has 0 spiro atoms. The summed E-state index contributed by atoms with van der Waals surface area (Å²) in [5.74, 6) is 0.498. The maximum atomic E-state index is 10.7. The molecule has 1 atom stereocenters. The number of hydrogen-bond donors (Lipinski definition) is 0. The number of methoxy groups -OCH3 is 1. The minimum absolute atomic E-state index is 0.0524. The zero-order valence-corrected chi connectivity index (χ0v) is 12.0. The Kier molecular flexibility index (Phi) is 3.89. The second-order valence-electron chi connectivity index (χ2n) is 4.27. The van der Waals surface area contributed by atoms with E-state index in [9.17, 15) is 10.1 Å². The summed E-state index contributed by atoms with van der Waals surface area (Å²) in [6.45, 7) is 3.73. The molecule has 2 heterocycles. The van der Waals surface area contributed by atoms with Crippen molar-refractivity contribution < 1.29 is 9.66 Å². The molecule has 0 bridgehead atoms. The largest absolute Gasteiger partial charge is 0.493 e. The van der Waals surface area contributed by atoms with E-state index >= 15 is 0 Å². The molecule has 2 rings (SSSR count). The molecular weight excluding hydrogens is 284 g/mol. The Morgan fingerprint density at radius 1 is 1.50 bits per heavy atom. The van der Waals surface area contributed by atoms with Crippen LogP contribution in [0.1, 0.15) is 24.1 Å². The van der Waals surface area contributed by atoms with E-state index < -0.39 is 4.92 Å². The van der Waals surface area contributed by atoms with Crippen molar-refractivity contribution in [1.29, 1.82) is 0 Å². The quantitative estimate of drug-likeness (QED) is 0.492. The lowest BCUT2D eigenvalue weighted by Gasteiger charge is -2.17. The topological polar surface area (TPSA) is 83.1 Å². The van der Waals surface area contributed by atoms with Gasteiger partial charge in [-0.15, -0.1) is 0 Å². The van der Waals surface area contributed by atoms with Gasteiger partial charge >= 0.3 is 5.69 Å². The molecule has 0 amide bonds. The Morgan fingerprint density at radius 2 is 2.20 bits per heavy atom. The molecule has 106 valence electrons. The first-order valence-corrected chi connectivity index (χ1v) is 6.21. The predicted molar refractivity (Wildman–Crippen MR) is 73.2 cm³/mol. The highest BCUT2D eigenvalue weighted by molar-refractivity contribution is 6.30. The normalized spacial score (nSPS) is 12.2. The van der Waals surface area contributed by atoms with Crippen molar-refractivity contribution in [3.63, 3.8) is 0 Å². The van der Waals surface area contributed by atoms with Crippen LogP contribution >= 0.6 is 11.6 Å². The predicted octanol–water partition coefficient (Wildman–Crippen LogP) is 2.77. The molecule has 2 aromatic heterocycles. The second kappa shape index (κ2) is 5.46. The smallest absolute Gasteiger partial charge is 0.307 e. The molecule has 0 aromatic carbocycles. The lowest BCUT2D eigenvalue weighted by Crippen LogP contribution is -2.10. The molecule has 0 N–H and O–H groups in total. The Bertz CT molecular complexity index is 656. The Morgan fingerprint density at radius 3 is 2.75 bits per heavy atom. The van der Waals surface area contributed by atoms with Crippen molar-refractivity contribution in [2.75, 3.05) is 7.11 Å². The number of halogens is 1. The summed E-state index contributed by atoms with van der Waals surface area (Å²) in [5, 5.41) is 15.0. The minimum atomic E-state index is -0.482. The maximum Gasteiger partial charge on any atom is 0.307 e. The maximum absolute atomic E-state index is 10.7. The standard InChI is InChI=1S/C12H13ClN4O3/c1-7-10(5-14-12(13)11(7)20-3)8(2)16-6-9(4-15-16)17(18)19/h4-6,8H,1-3H3. The van der Waals surface area contributed by atoms with Gasteiger partial charge in [0.25, 0.3) is 0 Å². The van der Waals surface area contributed by atoms with Gasteiger partial charge in [0.05, 0.1) is 18.1 Å². The molecule has 0 aliphatic rings. The van der Waals surface area contributed by atoms with Gasteiger partial charge in [-0.2, -0.15) is 5.10 Å². The van der Waals surface area contributed by atoms with E-state index in [1.807, 2.05) is 13.8 Å². The molecule has 0 aliphatic carbocycles. The molecule has 0 saturated carbocycles. The van der Waals surface area contributed by atoms with Gasteiger partial charge in [-0.05, 0) is 13.8 Å². The zero-order valence-electron chi connectivity index (χ0n) is 11.2. The molecule has 20 heavy (non-hydrogen) atoms. The monoisotopic (exact) mass is 296 g/mol. The zero-order chi connectivity index (χ0) is 14.9. The van der Waals surface area contributed by atoms with Gasteiger partial charge in [-0.1, -0.05) is 11.6 Å². The van der Waals surface area contributed by atoms with Crippen LogP contribution in [0, 0.1) is 17.0 Å². The van der Waals surface area contributed by atoms with Crippen LogP contribution in [0.25, 0.3) is 0 Å². The average molecular weight is 297 g/mol. The summed E-state index contributed by atoms with van der Waals surface area (Å²) >= 11 is 5.95. The summed E-state index contributed by atoms with van der Waals surface area (Å²) in [4.78, 5) is 14.3. The van der Waals surface area contributed by atoms with Crippen molar-refractivity contribution in [2.45, 2.75) is 19.9 Å². The fourth-order valence-corrected chi connectivity index (χ4v) is 2.27. The fraction of sp³-hybridized carbons (Fsp3) is 0.333. The van der Waals surface area contributed by atoms with Gasteiger partial charge in [0.2, 0.25) is 0 Å². The van der Waals surface area contributed by atoms with Crippen LogP contribution in [0.4, 0.5) is 5.69 Å². The third-order valence-corrected chi connectivity index (χ3v) is 3.40. The molecule has 0 fully saturated rings. The Hall–Kier alpha value is -2.15. The van der Waals surface area contributed by atoms with Gasteiger partial charge in [0.15, 0.2) is 10.9 Å². The molecule has 0 radical (unpaired) electrons. The fourth-order valence-electron chi connectivity index (χ4n) is 2.00. The van der Waals surface area contributed by atoms with Gasteiger partial charge in [-0.25, -0.2) is 4.98 Å². The van der Waals surface area contributed by atoms with Crippen LogP contribution in [-0.2, 0) is 0 Å². The van der Waals surface area contributed by atoms with E-state index in [-0.39, 0.29) is 16.9 Å². The molecular formula is C12H13ClN4O3. The number of nitrogens with zero attached hydrogens (tertiary/aromatic N) is 4. The molecule has 2 aromatic rings. The van der Waals surface area contributed by atoms with Crippen LogP contribution in [0.3, 0.4) is 0 Å². The van der Waals surface area contributed by atoms with Crippen LogP contribution in [-0.4, -0.2) is 26.8 Å². The third-order valence-electron chi connectivity index (χ3n) is 3.13. The van der Waals surface area contributed by atoms with Gasteiger partial charge in [0, 0.05) is 17.3 Å². The second-order valence-corrected chi connectivity index (χ2v) is 4.63. The van der Waals surface area contributed by atoms with Crippen molar-refractivity contribution in [3.05, 3.63) is 45.0 Å². The molecule has 7 nitrogen and oxygen atoms in total. The highest BCUT2D eigenvalue weighted by atomic mass is 35.5. The summed E-state index contributed by atoms with van der Waals surface area (Å²) < 4.78 is 6.72. The molecule has 0 aliphatic heterocycles. The van der Waals surface area contributed by atoms with E-state index in [0.29, 0.717) is 5.75 Å². The summed E-state index contributed by atoms with van der Waals surface area (Å²) in [7, 11) is 1.52. The summed E-state index contributed by atoms with van der Waals surface area (Å²) in [5.41, 5.74) is 1.62. The minimum Gasteiger partial charge on any atom is -0.493 e. The number of ether oxygens (including phenoxy) is 1. The third kappa shape index (κ3) is 2.44. The van der Waals surface area contributed by atoms with Gasteiger partial charge < -0.3 is 4.74 Å². The van der Waals surface area contributed by atoms with Crippen molar-refractivity contribution in [3.8, 4) is 5.75 Å². The first kappa shape index (κ1) is 14.3. The van der Waals surface area contributed by atoms with Crippen LogP contribution in [0.2, 0.25) is 5.15 Å². The van der Waals surface area contributed by atoms with Crippen molar-refractivity contribution in [2.24, 2.45) is 0 Å². The lowest BCUT2D eigenvalue weighted by atomic mass is 10.1. The van der Waals surface area contributed by atoms with Crippen molar-refractivity contribution >= 4 is 17.3 Å². The SMILES string of the molecule is COc1c(Cl)ncc(C(C)n2cc([N+](=O)[O-])cn2)c1C. The van der Waals surface area contributed by atoms with Gasteiger partial charge in [-0.3, -0.25) is 14.8 Å². The van der Waals surface area contributed by atoms with E-state index in [1.165, 1.54) is 24.2 Å². The first-order valence-electron chi connectivity index (χ1n) is 5.83. The Labute approximate surface area is 120 Å². The summed E-state index contributed by atoms with van der Waals surface area (Å²) in [6, 6.07) is -0.220. The average Bonchev–Trinajstić information content (AvgIpc) is 2.88. The summed E-state index contributed by atoms with van der Waals surface area (Å²) in [6.07, 6.45) is 4.22. The number of rotatable bonds is 4. The Balaban J connectivity index is 2.42. The van der Waals surface area contributed by atoms with Gasteiger partial charge in [0.1, 0.15) is 12.4 Å². The number of hydrogen-bond acceptors (Lipinski definition) is 5. The van der Waals surface area contributed by atoms with Crippen LogP contribution in [0.5, 0.6) is 5.75 Å². The van der Waals surface area contributed by atoms with Crippen molar-refractivity contribution in [1.82, 2.24) is 14.8 Å². The number of aromatic nitrogens is 3. The van der Waals surface area contributed by atoms with E-state index in [1.54, 1.807) is 6.20 Å².